The smallest absolute Gasteiger partial charge is 0.306 e. The summed E-state index contributed by atoms with van der Waals surface area (Å²) < 4.78 is 5.08. The average molecular weight is 340 g/mol. The van der Waals surface area contributed by atoms with Crippen molar-refractivity contribution in [3.05, 3.63) is 10.1 Å². The topological polar surface area (TPSA) is 72.7 Å². The molecule has 2 fully saturated rings. The van der Waals surface area contributed by atoms with Gasteiger partial charge in [0.05, 0.1) is 13.0 Å². The van der Waals surface area contributed by atoms with E-state index >= 15 is 0 Å². The largest absolute Gasteiger partial charge is 0.466 e. The van der Waals surface area contributed by atoms with E-state index < -0.39 is 5.41 Å². The van der Waals surface area contributed by atoms with Crippen molar-refractivity contribution >= 4 is 5.97 Å². The van der Waals surface area contributed by atoms with Crippen LogP contribution in [0.2, 0.25) is 0 Å². The highest BCUT2D eigenvalue weighted by atomic mass is 16.6. The molecule has 0 radical (unpaired) electrons. The SMILES string of the molecule is CCOC(=O)CC1(C[N+](=O)[O-])CCC(C2CCCC2)(N(C)C)CC1. The highest BCUT2D eigenvalue weighted by Crippen LogP contribution is 2.51. The normalized spacial score (nSPS) is 31.3. The van der Waals surface area contributed by atoms with Gasteiger partial charge in [-0.1, -0.05) is 12.8 Å². The Kier molecular flexibility index (Phi) is 6.23. The van der Waals surface area contributed by atoms with Crippen LogP contribution >= 0.6 is 0 Å². The minimum absolute atomic E-state index is 0.125. The Balaban J connectivity index is 2.13. The van der Waals surface area contributed by atoms with Crippen LogP contribution in [0.15, 0.2) is 0 Å². The highest BCUT2D eigenvalue weighted by molar-refractivity contribution is 5.70. The third kappa shape index (κ3) is 4.08. The van der Waals surface area contributed by atoms with Crippen LogP contribution in [-0.2, 0) is 9.53 Å². The van der Waals surface area contributed by atoms with Gasteiger partial charge in [0.1, 0.15) is 0 Å². The van der Waals surface area contributed by atoms with Gasteiger partial charge in [0.25, 0.3) is 0 Å². The monoisotopic (exact) mass is 340 g/mol. The molecule has 0 atom stereocenters. The Hall–Kier alpha value is -1.17. The first-order valence-electron chi connectivity index (χ1n) is 9.28. The molecule has 0 aromatic rings. The molecular weight excluding hydrogens is 308 g/mol. The molecule has 0 N–H and O–H groups in total. The van der Waals surface area contributed by atoms with Crippen LogP contribution in [-0.4, -0.2) is 48.6 Å². The van der Waals surface area contributed by atoms with Crippen molar-refractivity contribution in [2.24, 2.45) is 11.3 Å². The molecule has 0 saturated heterocycles. The lowest BCUT2D eigenvalue weighted by molar-refractivity contribution is -0.499. The minimum atomic E-state index is -0.534. The number of nitrogens with zero attached hydrogens (tertiary/aromatic N) is 2. The van der Waals surface area contributed by atoms with Crippen LogP contribution < -0.4 is 0 Å². The van der Waals surface area contributed by atoms with Crippen LogP contribution in [0.5, 0.6) is 0 Å². The van der Waals surface area contributed by atoms with Gasteiger partial charge in [-0.15, -0.1) is 0 Å². The summed E-state index contributed by atoms with van der Waals surface area (Å²) in [5.41, 5.74) is -0.390. The number of hydrogen-bond acceptors (Lipinski definition) is 5. The van der Waals surface area contributed by atoms with Gasteiger partial charge < -0.3 is 9.64 Å². The summed E-state index contributed by atoms with van der Waals surface area (Å²) in [6, 6.07) is 0. The molecule has 2 saturated carbocycles. The van der Waals surface area contributed by atoms with E-state index in [1.807, 2.05) is 0 Å². The molecule has 6 nitrogen and oxygen atoms in total. The van der Waals surface area contributed by atoms with Crippen molar-refractivity contribution in [3.63, 3.8) is 0 Å². The van der Waals surface area contributed by atoms with E-state index in [4.69, 9.17) is 4.74 Å². The molecule has 0 aromatic carbocycles. The third-order valence-electron chi connectivity index (χ3n) is 6.47. The maximum atomic E-state index is 12.0. The molecule has 0 spiro atoms. The van der Waals surface area contributed by atoms with Crippen molar-refractivity contribution in [2.45, 2.75) is 70.3 Å². The fourth-order valence-electron chi connectivity index (χ4n) is 5.08. The molecular formula is C18H32N2O4. The Morgan fingerprint density at radius 2 is 1.79 bits per heavy atom. The summed E-state index contributed by atoms with van der Waals surface area (Å²) in [5, 5.41) is 11.2. The second-order valence-corrected chi connectivity index (χ2v) is 7.95. The summed E-state index contributed by atoms with van der Waals surface area (Å²) in [7, 11) is 4.29. The van der Waals surface area contributed by atoms with Crippen molar-refractivity contribution in [1.82, 2.24) is 4.90 Å². The van der Waals surface area contributed by atoms with E-state index in [0.717, 1.165) is 25.7 Å². The molecule has 6 heteroatoms. The van der Waals surface area contributed by atoms with Crippen LogP contribution in [0.3, 0.4) is 0 Å². The van der Waals surface area contributed by atoms with Gasteiger partial charge in [-0.05, 0) is 65.5 Å². The van der Waals surface area contributed by atoms with E-state index in [1.165, 1.54) is 25.7 Å². The van der Waals surface area contributed by atoms with Gasteiger partial charge >= 0.3 is 5.97 Å². The van der Waals surface area contributed by atoms with Gasteiger partial charge in [-0.2, -0.15) is 0 Å². The number of hydrogen-bond donors (Lipinski definition) is 0. The molecule has 0 bridgehead atoms. The Labute approximate surface area is 145 Å². The second-order valence-electron chi connectivity index (χ2n) is 7.95. The molecule has 0 unspecified atom stereocenters. The molecule has 2 aliphatic rings. The molecule has 0 heterocycles. The quantitative estimate of drug-likeness (QED) is 0.404. The lowest BCUT2D eigenvalue weighted by atomic mass is 9.61. The van der Waals surface area contributed by atoms with Crippen molar-refractivity contribution < 1.29 is 14.5 Å². The minimum Gasteiger partial charge on any atom is -0.466 e. The molecule has 0 aromatic heterocycles. The summed E-state index contributed by atoms with van der Waals surface area (Å²) in [5.74, 6) is 0.390. The molecule has 2 rings (SSSR count). The average Bonchev–Trinajstić information content (AvgIpc) is 3.02. The van der Waals surface area contributed by atoms with Gasteiger partial charge in [0, 0.05) is 15.9 Å². The van der Waals surface area contributed by atoms with Crippen LogP contribution in [0.4, 0.5) is 0 Å². The zero-order valence-corrected chi connectivity index (χ0v) is 15.4. The Morgan fingerprint density at radius 1 is 1.21 bits per heavy atom. The number of nitro groups is 1. The summed E-state index contributed by atoms with van der Waals surface area (Å²) in [4.78, 5) is 25.3. The first-order chi connectivity index (χ1) is 11.3. The fourth-order valence-corrected chi connectivity index (χ4v) is 5.08. The van der Waals surface area contributed by atoms with Crippen molar-refractivity contribution in [3.8, 4) is 0 Å². The van der Waals surface area contributed by atoms with Crippen molar-refractivity contribution in [2.75, 3.05) is 27.2 Å². The number of rotatable bonds is 7. The molecule has 24 heavy (non-hydrogen) atoms. The van der Waals surface area contributed by atoms with E-state index in [-0.39, 0.29) is 29.4 Å². The number of carbonyl (C=O) groups excluding carboxylic acids is 1. The molecule has 138 valence electrons. The van der Waals surface area contributed by atoms with E-state index in [9.17, 15) is 14.9 Å². The first kappa shape index (κ1) is 19.2. The van der Waals surface area contributed by atoms with E-state index in [0.29, 0.717) is 12.5 Å². The van der Waals surface area contributed by atoms with Crippen LogP contribution in [0.1, 0.15) is 64.7 Å². The van der Waals surface area contributed by atoms with Crippen LogP contribution in [0, 0.1) is 21.4 Å². The zero-order valence-electron chi connectivity index (χ0n) is 15.4. The maximum absolute atomic E-state index is 12.0. The summed E-state index contributed by atoms with van der Waals surface area (Å²) in [6.07, 6.45) is 8.65. The predicted molar refractivity (Wildman–Crippen MR) is 92.4 cm³/mol. The van der Waals surface area contributed by atoms with Crippen LogP contribution in [0.25, 0.3) is 0 Å². The third-order valence-corrected chi connectivity index (χ3v) is 6.47. The van der Waals surface area contributed by atoms with Gasteiger partial charge in [0.2, 0.25) is 6.54 Å². The van der Waals surface area contributed by atoms with Gasteiger partial charge in [-0.25, -0.2) is 0 Å². The number of ether oxygens (including phenoxy) is 1. The lowest BCUT2D eigenvalue weighted by Crippen LogP contribution is -2.54. The zero-order chi connectivity index (χ0) is 17.8. The number of esters is 1. The van der Waals surface area contributed by atoms with E-state index in [1.54, 1.807) is 6.92 Å². The number of carbonyl (C=O) groups is 1. The van der Waals surface area contributed by atoms with Gasteiger partial charge in [-0.3, -0.25) is 14.9 Å². The Morgan fingerprint density at radius 3 is 2.25 bits per heavy atom. The maximum Gasteiger partial charge on any atom is 0.306 e. The summed E-state index contributed by atoms with van der Waals surface area (Å²) >= 11 is 0. The molecule has 0 aliphatic heterocycles. The highest BCUT2D eigenvalue weighted by Gasteiger charge is 2.51. The second kappa shape index (κ2) is 7.81. The Bertz CT molecular complexity index is 450. The fraction of sp³-hybridized carbons (Fsp3) is 0.944. The standard InChI is InChI=1S/C18H32N2O4/c1-4-24-16(21)13-17(14-20(22)23)9-11-18(12-10-17,19(2)3)15-7-5-6-8-15/h15H,4-14H2,1-3H3. The van der Waals surface area contributed by atoms with Gasteiger partial charge in [0.15, 0.2) is 0 Å². The lowest BCUT2D eigenvalue weighted by Gasteiger charge is -2.51. The summed E-state index contributed by atoms with van der Waals surface area (Å²) in [6.45, 7) is 1.98. The molecule has 2 aliphatic carbocycles. The molecule has 0 amide bonds. The van der Waals surface area contributed by atoms with Crippen molar-refractivity contribution in [1.29, 1.82) is 0 Å². The predicted octanol–water partition coefficient (Wildman–Crippen LogP) is 3.27. The first-order valence-corrected chi connectivity index (χ1v) is 9.28. The van der Waals surface area contributed by atoms with E-state index in [2.05, 4.69) is 19.0 Å².